The Kier molecular flexibility index (Phi) is 8.94. The summed E-state index contributed by atoms with van der Waals surface area (Å²) in [6.07, 6.45) is -1.14. The molecule has 2 aromatic carbocycles. The Morgan fingerprint density at radius 1 is 1.10 bits per heavy atom. The lowest BCUT2D eigenvalue weighted by atomic mass is 10.2. The molecule has 1 atom stereocenters. The molecule has 0 spiro atoms. The van der Waals surface area contributed by atoms with Crippen LogP contribution in [0.5, 0.6) is 5.75 Å². The van der Waals surface area contributed by atoms with Gasteiger partial charge in [-0.2, -0.15) is 0 Å². The lowest BCUT2D eigenvalue weighted by Crippen LogP contribution is -2.56. The van der Waals surface area contributed by atoms with Crippen LogP contribution in [-0.4, -0.2) is 27.6 Å². The minimum Gasteiger partial charge on any atom is -0.494 e. The standard InChI is InChI=1S/C18H16Cl5N3O2S/c1-2-28-12-6-4-11(5-7-12)24-17(29)26-16(18(21,22)23)25-15(27)13-8-3-10(19)9-14(13)20/h3-9,16H,2H2,1H3,(H,25,27)(H2,24,26,29)/t16-/m0/s1. The van der Waals surface area contributed by atoms with Crippen LogP contribution in [0.15, 0.2) is 42.5 Å². The maximum atomic E-state index is 12.5. The zero-order valence-electron chi connectivity index (χ0n) is 14.9. The third kappa shape index (κ3) is 7.55. The van der Waals surface area contributed by atoms with Gasteiger partial charge in [-0.15, -0.1) is 0 Å². The van der Waals surface area contributed by atoms with Crippen LogP contribution < -0.4 is 20.7 Å². The first-order valence-electron chi connectivity index (χ1n) is 8.23. The van der Waals surface area contributed by atoms with E-state index in [0.717, 1.165) is 5.75 Å². The fraction of sp³-hybridized carbons (Fsp3) is 0.222. The van der Waals surface area contributed by atoms with Crippen LogP contribution in [0, 0.1) is 0 Å². The molecule has 11 heteroatoms. The Morgan fingerprint density at radius 2 is 1.76 bits per heavy atom. The Bertz CT molecular complexity index is 875. The molecule has 156 valence electrons. The fourth-order valence-electron chi connectivity index (χ4n) is 2.18. The molecule has 1 amide bonds. The van der Waals surface area contributed by atoms with Gasteiger partial charge in [0, 0.05) is 10.7 Å². The summed E-state index contributed by atoms with van der Waals surface area (Å²) in [6.45, 7) is 2.46. The molecule has 0 aliphatic rings. The average molecular weight is 516 g/mol. The van der Waals surface area contributed by atoms with Crippen molar-refractivity contribution in [3.8, 4) is 5.75 Å². The van der Waals surface area contributed by atoms with Crippen molar-refractivity contribution in [2.75, 3.05) is 11.9 Å². The number of nitrogens with one attached hydrogen (secondary N) is 3. The summed E-state index contributed by atoms with van der Waals surface area (Å²) in [5.41, 5.74) is 0.851. The topological polar surface area (TPSA) is 62.4 Å². The fourth-order valence-corrected chi connectivity index (χ4v) is 3.24. The zero-order valence-corrected chi connectivity index (χ0v) is 19.5. The highest BCUT2D eigenvalue weighted by atomic mass is 35.6. The SMILES string of the molecule is CCOc1ccc(NC(=S)N[C@H](NC(=O)c2ccc(Cl)cc2Cl)C(Cl)(Cl)Cl)cc1. The molecule has 29 heavy (non-hydrogen) atoms. The van der Waals surface area contributed by atoms with Gasteiger partial charge in [-0.25, -0.2) is 0 Å². The largest absolute Gasteiger partial charge is 0.494 e. The van der Waals surface area contributed by atoms with Gasteiger partial charge in [-0.05, 0) is 61.6 Å². The Labute approximate surface area is 198 Å². The molecule has 0 unspecified atom stereocenters. The van der Waals surface area contributed by atoms with Crippen LogP contribution in [0.3, 0.4) is 0 Å². The maximum Gasteiger partial charge on any atom is 0.254 e. The highest BCUT2D eigenvalue weighted by Crippen LogP contribution is 2.30. The molecule has 0 aliphatic heterocycles. The summed E-state index contributed by atoms with van der Waals surface area (Å²) in [5.74, 6) is 0.155. The van der Waals surface area contributed by atoms with Gasteiger partial charge in [0.2, 0.25) is 3.79 Å². The van der Waals surface area contributed by atoms with E-state index < -0.39 is 15.9 Å². The molecule has 3 N–H and O–H groups in total. The minimum absolute atomic E-state index is 0.132. The first kappa shape index (κ1) is 24.1. The third-order valence-corrected chi connectivity index (χ3v) is 4.90. The number of alkyl halides is 3. The maximum absolute atomic E-state index is 12.5. The van der Waals surface area contributed by atoms with Gasteiger partial charge in [0.05, 0.1) is 17.2 Å². The second-order valence-corrected chi connectivity index (χ2v) is 9.25. The van der Waals surface area contributed by atoms with Crippen molar-refractivity contribution in [2.24, 2.45) is 0 Å². The third-order valence-electron chi connectivity index (χ3n) is 3.48. The van der Waals surface area contributed by atoms with Crippen LogP contribution in [0.2, 0.25) is 10.0 Å². The van der Waals surface area contributed by atoms with Crippen LogP contribution in [0.1, 0.15) is 17.3 Å². The number of benzene rings is 2. The van der Waals surface area contributed by atoms with Crippen molar-refractivity contribution in [2.45, 2.75) is 16.9 Å². The number of rotatable bonds is 6. The molecule has 0 aromatic heterocycles. The van der Waals surface area contributed by atoms with Gasteiger partial charge < -0.3 is 20.7 Å². The van der Waals surface area contributed by atoms with Gasteiger partial charge in [0.1, 0.15) is 11.9 Å². The molecule has 0 heterocycles. The summed E-state index contributed by atoms with van der Waals surface area (Å²) in [7, 11) is 0. The molecule has 0 aliphatic carbocycles. The van der Waals surface area contributed by atoms with Crippen LogP contribution in [0.25, 0.3) is 0 Å². The zero-order chi connectivity index (χ0) is 21.6. The van der Waals surface area contributed by atoms with E-state index in [-0.39, 0.29) is 15.7 Å². The van der Waals surface area contributed by atoms with Gasteiger partial charge in [0.25, 0.3) is 5.91 Å². The summed E-state index contributed by atoms with van der Waals surface area (Å²) >= 11 is 35.1. The number of hydrogen-bond donors (Lipinski definition) is 3. The molecule has 0 saturated carbocycles. The lowest BCUT2D eigenvalue weighted by molar-refractivity contribution is 0.0934. The number of carbonyl (C=O) groups excluding carboxylic acids is 1. The molecular weight excluding hydrogens is 500 g/mol. The van der Waals surface area contributed by atoms with Crippen molar-refractivity contribution in [1.29, 1.82) is 0 Å². The Balaban J connectivity index is 2.06. The quantitative estimate of drug-likeness (QED) is 0.258. The number of hydrogen-bond acceptors (Lipinski definition) is 3. The van der Waals surface area contributed by atoms with E-state index in [2.05, 4.69) is 16.0 Å². The number of anilines is 1. The van der Waals surface area contributed by atoms with Crippen LogP contribution in [-0.2, 0) is 0 Å². The molecule has 2 aromatic rings. The monoisotopic (exact) mass is 513 g/mol. The molecular formula is C18H16Cl5N3O2S. The Hall–Kier alpha value is -1.15. The molecule has 2 rings (SSSR count). The number of amides is 1. The van der Waals surface area contributed by atoms with Crippen molar-refractivity contribution in [1.82, 2.24) is 10.6 Å². The Morgan fingerprint density at radius 3 is 2.31 bits per heavy atom. The molecule has 0 radical (unpaired) electrons. The van der Waals surface area contributed by atoms with E-state index in [1.54, 1.807) is 24.3 Å². The first-order chi connectivity index (χ1) is 13.6. The van der Waals surface area contributed by atoms with E-state index in [1.165, 1.54) is 18.2 Å². The highest BCUT2D eigenvalue weighted by Gasteiger charge is 2.35. The highest BCUT2D eigenvalue weighted by molar-refractivity contribution is 7.80. The average Bonchev–Trinajstić information content (AvgIpc) is 2.62. The van der Waals surface area contributed by atoms with E-state index in [0.29, 0.717) is 17.3 Å². The predicted molar refractivity (Wildman–Crippen MR) is 125 cm³/mol. The smallest absolute Gasteiger partial charge is 0.254 e. The number of carbonyl (C=O) groups is 1. The number of ether oxygens (including phenoxy) is 1. The summed E-state index contributed by atoms with van der Waals surface area (Å²) < 4.78 is 3.48. The summed E-state index contributed by atoms with van der Waals surface area (Å²) in [4.78, 5) is 12.5. The van der Waals surface area contributed by atoms with Gasteiger partial charge in [-0.3, -0.25) is 4.79 Å². The first-order valence-corrected chi connectivity index (χ1v) is 10.5. The van der Waals surface area contributed by atoms with E-state index in [4.69, 9.17) is 75.0 Å². The normalized spacial score (nSPS) is 12.1. The number of halogens is 5. The second kappa shape index (κ2) is 10.8. The predicted octanol–water partition coefficient (Wildman–Crippen LogP) is 5.80. The van der Waals surface area contributed by atoms with E-state index >= 15 is 0 Å². The summed E-state index contributed by atoms with van der Waals surface area (Å²) in [6, 6.07) is 11.5. The summed E-state index contributed by atoms with van der Waals surface area (Å²) in [5, 5.41) is 8.95. The van der Waals surface area contributed by atoms with Gasteiger partial charge >= 0.3 is 0 Å². The van der Waals surface area contributed by atoms with Gasteiger partial charge in [-0.1, -0.05) is 58.0 Å². The molecule has 0 fully saturated rings. The molecule has 5 nitrogen and oxygen atoms in total. The van der Waals surface area contributed by atoms with Crippen molar-refractivity contribution in [3.05, 3.63) is 58.1 Å². The van der Waals surface area contributed by atoms with Crippen molar-refractivity contribution in [3.63, 3.8) is 0 Å². The number of thiocarbonyl (C=S) groups is 1. The minimum atomic E-state index is -1.90. The van der Waals surface area contributed by atoms with E-state index in [9.17, 15) is 4.79 Å². The van der Waals surface area contributed by atoms with Crippen molar-refractivity contribution >= 4 is 86.9 Å². The van der Waals surface area contributed by atoms with E-state index in [1.807, 2.05) is 6.92 Å². The lowest BCUT2D eigenvalue weighted by Gasteiger charge is -2.28. The molecule has 0 bridgehead atoms. The van der Waals surface area contributed by atoms with Crippen LogP contribution >= 0.6 is 70.2 Å². The second-order valence-electron chi connectivity index (χ2n) is 5.63. The van der Waals surface area contributed by atoms with Crippen LogP contribution in [0.4, 0.5) is 5.69 Å². The molecule has 0 saturated heterocycles. The van der Waals surface area contributed by atoms with Crippen molar-refractivity contribution < 1.29 is 9.53 Å². The van der Waals surface area contributed by atoms with Gasteiger partial charge in [0.15, 0.2) is 5.11 Å².